The molecule has 0 heterocycles. The van der Waals surface area contributed by atoms with Crippen LogP contribution in [-0.4, -0.2) is 30.6 Å². The van der Waals surface area contributed by atoms with E-state index in [2.05, 4.69) is 5.32 Å². The minimum Gasteiger partial charge on any atom is -0.457 e. The van der Waals surface area contributed by atoms with E-state index < -0.39 is 30.6 Å². The van der Waals surface area contributed by atoms with E-state index in [0.717, 1.165) is 6.07 Å². The lowest BCUT2D eigenvalue weighted by molar-refractivity contribution is -0.167. The molecule has 2 amide bonds. The molecular formula is C23H17F3N2O5. The number of rotatable bonds is 7. The number of esters is 1. The lowest BCUT2D eigenvalue weighted by Crippen LogP contribution is -2.30. The number of amides is 2. The Morgan fingerprint density at radius 1 is 0.758 bits per heavy atom. The van der Waals surface area contributed by atoms with Crippen LogP contribution in [0.2, 0.25) is 0 Å². The van der Waals surface area contributed by atoms with Crippen LogP contribution in [0.5, 0.6) is 11.5 Å². The van der Waals surface area contributed by atoms with Crippen LogP contribution in [0, 0.1) is 0 Å². The molecule has 0 saturated heterocycles. The Bertz CT molecular complexity index is 1130. The van der Waals surface area contributed by atoms with Crippen LogP contribution in [0.1, 0.15) is 10.4 Å². The van der Waals surface area contributed by atoms with Gasteiger partial charge in [0.25, 0.3) is 5.91 Å². The van der Waals surface area contributed by atoms with Gasteiger partial charge in [0.1, 0.15) is 11.5 Å². The number of carbonyl (C=O) groups is 3. The highest BCUT2D eigenvalue weighted by atomic mass is 19.4. The molecule has 0 saturated carbocycles. The molecule has 0 spiro atoms. The molecule has 0 atom stereocenters. The van der Waals surface area contributed by atoms with Gasteiger partial charge in [-0.3, -0.25) is 9.59 Å². The molecule has 0 bridgehead atoms. The molecule has 0 aromatic heterocycles. The van der Waals surface area contributed by atoms with Gasteiger partial charge >= 0.3 is 18.1 Å². The summed E-state index contributed by atoms with van der Waals surface area (Å²) in [7, 11) is 0. The van der Waals surface area contributed by atoms with Crippen LogP contribution in [0.15, 0.2) is 78.9 Å². The Morgan fingerprint density at radius 2 is 1.42 bits per heavy atom. The summed E-state index contributed by atoms with van der Waals surface area (Å²) in [5.41, 5.74) is 0.0625. The molecular weight excluding hydrogens is 441 g/mol. The van der Waals surface area contributed by atoms with Gasteiger partial charge in [0, 0.05) is 11.4 Å². The van der Waals surface area contributed by atoms with Gasteiger partial charge in [-0.05, 0) is 54.6 Å². The number of nitrogens with one attached hydrogen (secondary N) is 2. The largest absolute Gasteiger partial charge is 0.471 e. The molecule has 7 nitrogen and oxygen atoms in total. The zero-order chi connectivity index (χ0) is 23.8. The molecule has 3 rings (SSSR count). The average molecular weight is 458 g/mol. The summed E-state index contributed by atoms with van der Waals surface area (Å²) in [6.07, 6.45) is -5.07. The topological polar surface area (TPSA) is 93.7 Å². The third-order valence-electron chi connectivity index (χ3n) is 4.06. The molecule has 0 aliphatic carbocycles. The number of hydrogen-bond acceptors (Lipinski definition) is 5. The van der Waals surface area contributed by atoms with Gasteiger partial charge < -0.3 is 20.1 Å². The average Bonchev–Trinajstić information content (AvgIpc) is 2.79. The Morgan fingerprint density at radius 3 is 2.09 bits per heavy atom. The van der Waals surface area contributed by atoms with Crippen LogP contribution in [-0.2, 0) is 14.3 Å². The van der Waals surface area contributed by atoms with Crippen molar-refractivity contribution in [2.75, 3.05) is 17.2 Å². The lowest BCUT2D eigenvalue weighted by Gasteiger charge is -2.10. The number of para-hydroxylation sites is 1. The predicted octanol–water partition coefficient (Wildman–Crippen LogP) is 4.78. The highest BCUT2D eigenvalue weighted by Crippen LogP contribution is 2.23. The number of anilines is 2. The first-order valence-electron chi connectivity index (χ1n) is 9.49. The van der Waals surface area contributed by atoms with E-state index in [9.17, 15) is 27.6 Å². The molecule has 3 aromatic carbocycles. The van der Waals surface area contributed by atoms with Crippen LogP contribution in [0.3, 0.4) is 0 Å². The van der Waals surface area contributed by atoms with E-state index in [-0.39, 0.29) is 11.3 Å². The third kappa shape index (κ3) is 7.10. The van der Waals surface area contributed by atoms with Crippen molar-refractivity contribution in [3.63, 3.8) is 0 Å². The maximum atomic E-state index is 12.3. The van der Waals surface area contributed by atoms with E-state index in [1.807, 2.05) is 18.2 Å². The maximum absolute atomic E-state index is 12.3. The highest BCUT2D eigenvalue weighted by Gasteiger charge is 2.38. The van der Waals surface area contributed by atoms with Gasteiger partial charge in [-0.1, -0.05) is 24.3 Å². The predicted molar refractivity (Wildman–Crippen MR) is 113 cm³/mol. The summed E-state index contributed by atoms with van der Waals surface area (Å²) < 4.78 is 47.6. The van der Waals surface area contributed by atoms with Crippen molar-refractivity contribution < 1.29 is 37.0 Å². The Balaban J connectivity index is 1.50. The van der Waals surface area contributed by atoms with Crippen molar-refractivity contribution in [2.45, 2.75) is 6.18 Å². The van der Waals surface area contributed by atoms with Crippen molar-refractivity contribution in [3.8, 4) is 11.5 Å². The lowest BCUT2D eigenvalue weighted by atomic mass is 10.2. The molecule has 0 radical (unpaired) electrons. The molecule has 3 aromatic rings. The Labute approximate surface area is 186 Å². The second-order valence-electron chi connectivity index (χ2n) is 6.60. The summed E-state index contributed by atoms with van der Waals surface area (Å²) in [4.78, 5) is 35.1. The van der Waals surface area contributed by atoms with Gasteiger partial charge in [0.05, 0.1) is 5.56 Å². The molecule has 0 unspecified atom stereocenters. The second-order valence-corrected chi connectivity index (χ2v) is 6.60. The standard InChI is InChI=1S/C23H17F3N2O5/c24-23(25,26)22(31)28-17-6-4-5-15(13-17)21(30)32-14-20(29)27-16-9-11-19(12-10-16)33-18-7-2-1-3-8-18/h1-13H,14H2,(H,27,29)(H,28,31). The smallest absolute Gasteiger partial charge is 0.457 e. The Hall–Kier alpha value is -4.34. The highest BCUT2D eigenvalue weighted by molar-refractivity contribution is 5.98. The van der Waals surface area contributed by atoms with Gasteiger partial charge in [-0.25, -0.2) is 4.79 Å². The number of benzene rings is 3. The number of carbonyl (C=O) groups excluding carboxylic acids is 3. The third-order valence-corrected chi connectivity index (χ3v) is 4.06. The number of hydrogen-bond donors (Lipinski definition) is 2. The van der Waals surface area contributed by atoms with Gasteiger partial charge in [0.15, 0.2) is 6.61 Å². The number of alkyl halides is 3. The van der Waals surface area contributed by atoms with Crippen molar-refractivity contribution >= 4 is 29.2 Å². The van der Waals surface area contributed by atoms with Crippen molar-refractivity contribution in [1.29, 1.82) is 0 Å². The van der Waals surface area contributed by atoms with Crippen LogP contribution >= 0.6 is 0 Å². The summed E-state index contributed by atoms with van der Waals surface area (Å²) >= 11 is 0. The van der Waals surface area contributed by atoms with E-state index in [1.165, 1.54) is 18.2 Å². The van der Waals surface area contributed by atoms with Crippen molar-refractivity contribution in [1.82, 2.24) is 0 Å². The van der Waals surface area contributed by atoms with Crippen molar-refractivity contribution in [3.05, 3.63) is 84.4 Å². The minimum absolute atomic E-state index is 0.134. The van der Waals surface area contributed by atoms with Gasteiger partial charge in [-0.2, -0.15) is 13.2 Å². The Kier molecular flexibility index (Phi) is 7.29. The summed E-state index contributed by atoms with van der Waals surface area (Å²) in [6.45, 7) is -0.625. The minimum atomic E-state index is -5.07. The maximum Gasteiger partial charge on any atom is 0.471 e. The zero-order valence-corrected chi connectivity index (χ0v) is 16.9. The fourth-order valence-corrected chi connectivity index (χ4v) is 2.57. The van der Waals surface area contributed by atoms with E-state index in [0.29, 0.717) is 17.2 Å². The summed E-state index contributed by atoms with van der Waals surface area (Å²) in [6, 6.07) is 20.3. The van der Waals surface area contributed by atoms with Crippen LogP contribution < -0.4 is 15.4 Å². The first kappa shape index (κ1) is 23.3. The SMILES string of the molecule is O=C(COC(=O)c1cccc(NC(=O)C(F)(F)F)c1)Nc1ccc(Oc2ccccc2)cc1. The van der Waals surface area contributed by atoms with Gasteiger partial charge in [-0.15, -0.1) is 0 Å². The van der Waals surface area contributed by atoms with Crippen molar-refractivity contribution in [2.24, 2.45) is 0 Å². The quantitative estimate of drug-likeness (QED) is 0.498. The summed E-state index contributed by atoms with van der Waals surface area (Å²) in [5, 5.41) is 4.17. The molecule has 0 aliphatic heterocycles. The first-order chi connectivity index (χ1) is 15.7. The summed E-state index contributed by atoms with van der Waals surface area (Å²) in [5.74, 6) is -2.53. The fraction of sp³-hybridized carbons (Fsp3) is 0.0870. The second kappa shape index (κ2) is 10.3. The molecule has 170 valence electrons. The van der Waals surface area contributed by atoms with Crippen LogP contribution in [0.4, 0.5) is 24.5 Å². The van der Waals surface area contributed by atoms with E-state index in [4.69, 9.17) is 9.47 Å². The van der Waals surface area contributed by atoms with Crippen LogP contribution in [0.25, 0.3) is 0 Å². The van der Waals surface area contributed by atoms with E-state index >= 15 is 0 Å². The van der Waals surface area contributed by atoms with Gasteiger partial charge in [0.2, 0.25) is 0 Å². The first-order valence-corrected chi connectivity index (χ1v) is 9.49. The number of ether oxygens (including phenoxy) is 2. The molecule has 10 heteroatoms. The monoisotopic (exact) mass is 458 g/mol. The molecule has 2 N–H and O–H groups in total. The zero-order valence-electron chi connectivity index (χ0n) is 16.9. The number of halogens is 3. The molecule has 0 fully saturated rings. The molecule has 33 heavy (non-hydrogen) atoms. The molecule has 0 aliphatic rings. The fourth-order valence-electron chi connectivity index (χ4n) is 2.57. The normalized spacial score (nSPS) is 10.8. The van der Waals surface area contributed by atoms with E-state index in [1.54, 1.807) is 41.7 Å².